The first-order valence-corrected chi connectivity index (χ1v) is 13.8. The maximum atomic E-state index is 4.23. The van der Waals surface area contributed by atoms with Gasteiger partial charge in [-0.15, -0.1) is 0 Å². The molecule has 0 fully saturated rings. The zero-order valence-electron chi connectivity index (χ0n) is 22.6. The van der Waals surface area contributed by atoms with Crippen molar-refractivity contribution in [3.05, 3.63) is 144 Å². The molecule has 0 N–H and O–H groups in total. The molecule has 1 spiro atoms. The van der Waals surface area contributed by atoms with E-state index in [-0.39, 0.29) is 11.0 Å². The molecule has 0 amide bonds. The highest BCUT2D eigenvalue weighted by atomic mass is 15.2. The van der Waals surface area contributed by atoms with Gasteiger partial charge >= 0.3 is 0 Å². The number of anilines is 2. The number of para-hydroxylation sites is 1. The fourth-order valence-electron chi connectivity index (χ4n) is 7.17. The average Bonchev–Trinajstić information content (AvgIpc) is 3.45. The SMILES string of the molecule is C=NCCC(C)(C)N(c1ccccc1)c1cccc2c1-c1ccccc1C21c2ccccc2-c2ccccc21. The summed E-state index contributed by atoms with van der Waals surface area (Å²) in [5.41, 5.74) is 12.7. The Kier molecular flexibility index (Phi) is 5.35. The van der Waals surface area contributed by atoms with Crippen LogP contribution in [0.15, 0.2) is 126 Å². The number of benzene rings is 5. The van der Waals surface area contributed by atoms with Crippen LogP contribution in [0.4, 0.5) is 11.4 Å². The van der Waals surface area contributed by atoms with Crippen LogP contribution in [0.2, 0.25) is 0 Å². The van der Waals surface area contributed by atoms with E-state index in [0.717, 1.165) is 6.42 Å². The molecule has 190 valence electrons. The number of hydrogen-bond donors (Lipinski definition) is 0. The summed E-state index contributed by atoms with van der Waals surface area (Å²) >= 11 is 0. The molecule has 5 aromatic carbocycles. The van der Waals surface area contributed by atoms with Gasteiger partial charge in [-0.3, -0.25) is 0 Å². The molecule has 39 heavy (non-hydrogen) atoms. The number of fused-ring (bicyclic) bond motifs is 10. The molecule has 7 rings (SSSR count). The van der Waals surface area contributed by atoms with Gasteiger partial charge in [0.1, 0.15) is 0 Å². The Labute approximate surface area is 231 Å². The second-order valence-corrected chi connectivity index (χ2v) is 11.3. The van der Waals surface area contributed by atoms with Crippen molar-refractivity contribution in [2.45, 2.75) is 31.2 Å². The molecule has 0 saturated carbocycles. The zero-order valence-corrected chi connectivity index (χ0v) is 22.6. The third-order valence-electron chi connectivity index (χ3n) is 8.74. The maximum Gasteiger partial charge on any atom is 0.0726 e. The Balaban J connectivity index is 1.58. The van der Waals surface area contributed by atoms with E-state index in [0.29, 0.717) is 6.54 Å². The third-order valence-corrected chi connectivity index (χ3v) is 8.74. The molecular formula is C37H32N2. The van der Waals surface area contributed by atoms with Gasteiger partial charge in [-0.1, -0.05) is 103 Å². The molecule has 0 aliphatic heterocycles. The molecule has 0 heterocycles. The molecular weight excluding hydrogens is 472 g/mol. The van der Waals surface area contributed by atoms with Crippen molar-refractivity contribution in [3.63, 3.8) is 0 Å². The van der Waals surface area contributed by atoms with Crippen LogP contribution in [-0.2, 0) is 5.41 Å². The molecule has 0 aromatic heterocycles. The van der Waals surface area contributed by atoms with Crippen LogP contribution in [0.25, 0.3) is 22.3 Å². The molecule has 2 aliphatic carbocycles. The topological polar surface area (TPSA) is 15.6 Å². The molecule has 0 saturated heterocycles. The third kappa shape index (κ3) is 3.24. The Morgan fingerprint density at radius 1 is 0.615 bits per heavy atom. The van der Waals surface area contributed by atoms with E-state index in [2.05, 4.69) is 152 Å². The Morgan fingerprint density at radius 2 is 1.13 bits per heavy atom. The highest BCUT2D eigenvalue weighted by Crippen LogP contribution is 2.64. The van der Waals surface area contributed by atoms with Gasteiger partial charge in [-0.05, 0) is 84.1 Å². The highest BCUT2D eigenvalue weighted by molar-refractivity contribution is 5.99. The van der Waals surface area contributed by atoms with E-state index in [1.165, 1.54) is 55.9 Å². The number of aliphatic imine (C=N–C) groups is 1. The van der Waals surface area contributed by atoms with Crippen LogP contribution in [0.5, 0.6) is 0 Å². The molecule has 0 bridgehead atoms. The van der Waals surface area contributed by atoms with E-state index in [9.17, 15) is 0 Å². The minimum atomic E-state index is -0.343. The van der Waals surface area contributed by atoms with E-state index in [4.69, 9.17) is 0 Å². The van der Waals surface area contributed by atoms with Gasteiger partial charge in [-0.25, -0.2) is 0 Å². The van der Waals surface area contributed by atoms with Gasteiger partial charge < -0.3 is 9.89 Å². The Bertz CT molecular complexity index is 1670. The molecule has 5 aromatic rings. The molecule has 0 radical (unpaired) electrons. The summed E-state index contributed by atoms with van der Waals surface area (Å²) in [6.45, 7) is 9.13. The molecule has 2 nitrogen and oxygen atoms in total. The van der Waals surface area contributed by atoms with Crippen molar-refractivity contribution in [1.29, 1.82) is 0 Å². The summed E-state index contributed by atoms with van der Waals surface area (Å²) in [6.07, 6.45) is 0.896. The molecule has 2 heteroatoms. The molecule has 0 unspecified atom stereocenters. The molecule has 0 atom stereocenters. The minimum absolute atomic E-state index is 0.187. The summed E-state index contributed by atoms with van der Waals surface area (Å²) in [5, 5.41) is 0. The second-order valence-electron chi connectivity index (χ2n) is 11.3. The predicted octanol–water partition coefficient (Wildman–Crippen LogP) is 9.04. The first-order chi connectivity index (χ1) is 19.1. The van der Waals surface area contributed by atoms with Gasteiger partial charge in [0.15, 0.2) is 0 Å². The first-order valence-electron chi connectivity index (χ1n) is 13.8. The van der Waals surface area contributed by atoms with E-state index >= 15 is 0 Å². The van der Waals surface area contributed by atoms with Crippen molar-refractivity contribution in [3.8, 4) is 22.3 Å². The minimum Gasteiger partial charge on any atom is -0.335 e. The van der Waals surface area contributed by atoms with Crippen molar-refractivity contribution < 1.29 is 0 Å². The van der Waals surface area contributed by atoms with E-state index in [1.807, 2.05) is 0 Å². The summed E-state index contributed by atoms with van der Waals surface area (Å²) in [6, 6.07) is 44.7. The lowest BCUT2D eigenvalue weighted by Crippen LogP contribution is -2.41. The summed E-state index contributed by atoms with van der Waals surface area (Å²) < 4.78 is 0. The summed E-state index contributed by atoms with van der Waals surface area (Å²) in [4.78, 5) is 6.76. The van der Waals surface area contributed by atoms with Gasteiger partial charge in [-0.2, -0.15) is 0 Å². The number of hydrogen-bond acceptors (Lipinski definition) is 2. The summed E-state index contributed by atoms with van der Waals surface area (Å²) in [7, 11) is 0. The highest BCUT2D eigenvalue weighted by Gasteiger charge is 2.52. The largest absolute Gasteiger partial charge is 0.335 e. The van der Waals surface area contributed by atoms with Crippen LogP contribution >= 0.6 is 0 Å². The van der Waals surface area contributed by atoms with Crippen LogP contribution in [0.1, 0.15) is 42.5 Å². The fourth-order valence-corrected chi connectivity index (χ4v) is 7.17. The van der Waals surface area contributed by atoms with Crippen LogP contribution < -0.4 is 4.90 Å². The number of rotatable bonds is 6. The summed E-state index contributed by atoms with van der Waals surface area (Å²) in [5.74, 6) is 0. The average molecular weight is 505 g/mol. The van der Waals surface area contributed by atoms with Crippen molar-refractivity contribution in [2.24, 2.45) is 4.99 Å². The predicted molar refractivity (Wildman–Crippen MR) is 164 cm³/mol. The smallest absolute Gasteiger partial charge is 0.0726 e. The van der Waals surface area contributed by atoms with Gasteiger partial charge in [0.05, 0.1) is 5.41 Å². The van der Waals surface area contributed by atoms with Gasteiger partial charge in [0.2, 0.25) is 0 Å². The van der Waals surface area contributed by atoms with Crippen molar-refractivity contribution in [2.75, 3.05) is 11.4 Å². The normalized spacial score (nSPS) is 13.9. The van der Waals surface area contributed by atoms with Crippen LogP contribution in [0.3, 0.4) is 0 Å². The van der Waals surface area contributed by atoms with Crippen LogP contribution in [0, 0.1) is 0 Å². The standard InChI is InChI=1S/C37H32N2/c1-36(2,24-25-38-3)39(26-14-5-4-6-15-26)34-23-13-22-33-35(34)29-18-9-12-21-32(29)37(33)30-19-10-7-16-27(30)28-17-8-11-20-31(28)37/h4-23H,3,24-25H2,1-2H3. The first kappa shape index (κ1) is 23.7. The Hall–Kier alpha value is -4.43. The number of nitrogens with zero attached hydrogens (tertiary/aromatic N) is 2. The Morgan fingerprint density at radius 3 is 1.74 bits per heavy atom. The maximum absolute atomic E-state index is 4.23. The van der Waals surface area contributed by atoms with E-state index < -0.39 is 0 Å². The monoisotopic (exact) mass is 504 g/mol. The lowest BCUT2D eigenvalue weighted by Gasteiger charge is -2.42. The second kappa shape index (κ2) is 8.81. The lowest BCUT2D eigenvalue weighted by atomic mass is 9.70. The van der Waals surface area contributed by atoms with Crippen molar-refractivity contribution in [1.82, 2.24) is 0 Å². The quantitative estimate of drug-likeness (QED) is 0.206. The van der Waals surface area contributed by atoms with Gasteiger partial charge in [0.25, 0.3) is 0 Å². The van der Waals surface area contributed by atoms with Gasteiger partial charge in [0, 0.05) is 29.0 Å². The van der Waals surface area contributed by atoms with Crippen LogP contribution in [-0.4, -0.2) is 18.8 Å². The zero-order chi connectivity index (χ0) is 26.6. The lowest BCUT2D eigenvalue weighted by molar-refractivity contribution is 0.473. The molecule has 2 aliphatic rings. The fraction of sp³-hybridized carbons (Fsp3) is 0.162. The van der Waals surface area contributed by atoms with E-state index in [1.54, 1.807) is 0 Å². The van der Waals surface area contributed by atoms with Crippen molar-refractivity contribution >= 4 is 18.1 Å².